The van der Waals surface area contributed by atoms with E-state index in [4.69, 9.17) is 0 Å². The molecule has 7 aliphatic carbocycles. The van der Waals surface area contributed by atoms with Crippen molar-refractivity contribution >= 4 is 132 Å². The van der Waals surface area contributed by atoms with Crippen LogP contribution in [0, 0.1) is 50.4 Å². The van der Waals surface area contributed by atoms with Crippen LogP contribution < -0.4 is 0 Å². The Morgan fingerprint density at radius 1 is 0.492 bits per heavy atom. The van der Waals surface area contributed by atoms with E-state index in [0.29, 0.717) is 0 Å². The molecule has 0 spiro atoms. The minimum atomic E-state index is -0.145. The zero-order chi connectivity index (χ0) is 42.3. The molecule has 6 unspecified atom stereocenters. The third kappa shape index (κ3) is 18.5. The van der Waals surface area contributed by atoms with Gasteiger partial charge in [0.15, 0.2) is 0 Å². The Labute approximate surface area is 447 Å². The monoisotopic (exact) mass is 1420 g/mol. The maximum atomic E-state index is 3.73. The second-order valence-corrected chi connectivity index (χ2v) is 35.3. The molecule has 6 saturated carbocycles. The molecule has 0 N–H and O–H groups in total. The van der Waals surface area contributed by atoms with Crippen molar-refractivity contribution in [3.63, 3.8) is 0 Å². The van der Waals surface area contributed by atoms with Gasteiger partial charge < -0.3 is 14.9 Å². The summed E-state index contributed by atoms with van der Waals surface area (Å²) >= 11 is 28.1. The third-order valence-electron chi connectivity index (χ3n) is 14.0. The Bertz CT molecular complexity index is 1630. The Hall–Kier alpha value is 2.12. The van der Waals surface area contributed by atoms with Crippen molar-refractivity contribution in [1.82, 2.24) is 0 Å². The van der Waals surface area contributed by atoms with Gasteiger partial charge in [-0.25, -0.2) is 0 Å². The molecule has 61 heavy (non-hydrogen) atoms. The van der Waals surface area contributed by atoms with Gasteiger partial charge in [-0.2, -0.15) is 0 Å². The zero-order valence-corrected chi connectivity index (χ0v) is 52.2. The molecule has 3 aromatic rings. The zero-order valence-electron chi connectivity index (χ0n) is 37.0. The maximum Gasteiger partial charge on any atom is -0.358 e. The van der Waals surface area contributed by atoms with Crippen LogP contribution in [-0.2, 0) is 25.0 Å². The van der Waals surface area contributed by atoms with Crippen molar-refractivity contribution in [1.29, 1.82) is 0 Å². The van der Waals surface area contributed by atoms with Gasteiger partial charge in [-0.3, -0.25) is 0 Å². The molecule has 0 saturated heterocycles. The van der Waals surface area contributed by atoms with Crippen LogP contribution in [0.3, 0.4) is 0 Å². The van der Waals surface area contributed by atoms with E-state index < -0.39 is 0 Å². The van der Waals surface area contributed by atoms with E-state index in [9.17, 15) is 0 Å². The van der Waals surface area contributed by atoms with Crippen molar-refractivity contribution in [2.45, 2.75) is 151 Å². The molecule has 3 aromatic carbocycles. The van der Waals surface area contributed by atoms with E-state index >= 15 is 0 Å². The summed E-state index contributed by atoms with van der Waals surface area (Å²) in [6.45, 7) is 4.00. The number of rotatable bonds is 2. The van der Waals surface area contributed by atoms with Crippen molar-refractivity contribution < 1.29 is 18.5 Å². The second-order valence-electron chi connectivity index (χ2n) is 17.7. The first-order valence-corrected chi connectivity index (χ1v) is 38.8. The molecule has 10 rings (SSSR count). The predicted molar refractivity (Wildman–Crippen MR) is 296 cm³/mol. The van der Waals surface area contributed by atoms with Crippen LogP contribution in [0.2, 0.25) is 0 Å². The predicted octanol–water partition coefficient (Wildman–Crippen LogP) is 21.5. The summed E-state index contributed by atoms with van der Waals surface area (Å²) < 4.78 is 4.63. The van der Waals surface area contributed by atoms with Crippen molar-refractivity contribution in [2.24, 2.45) is 35.5 Å². The normalized spacial score (nSPS) is 28.5. The van der Waals surface area contributed by atoms with Gasteiger partial charge in [-0.15, -0.1) is 0 Å². The Balaban J connectivity index is 0.000000212. The van der Waals surface area contributed by atoms with E-state index in [2.05, 4.69) is 187 Å². The minimum Gasteiger partial charge on any atom is -0.358 e. The number of benzene rings is 3. The van der Waals surface area contributed by atoms with Crippen LogP contribution in [0.15, 0.2) is 78.6 Å². The van der Waals surface area contributed by atoms with E-state index in [0.717, 1.165) is 66.4 Å². The first kappa shape index (κ1) is 57.4. The molecule has 6 atom stereocenters. The van der Waals surface area contributed by atoms with E-state index in [1.54, 1.807) is 0 Å². The standard InChI is InChI=1S/C15H18Br2.C15H10Br2.2C9H15Br.C2H6.2CH3.2BrH.Zr/c2*16-14-7-13(8-15(17)9-14)12-5-10-3-1-2-4-11(10)6-12;2*10-9-5-7-3-1-2-4-8(7)6-9;1-2;;;;;/h7-12H,1-6H2;1-5,7-9H,6H2;2*7-9H,1-6H2;1-2H3;2*1H3;2*1H;/q;;;;;2*-1;;;+4/p-2. The largest absolute Gasteiger partial charge is 0.358 e. The number of alkyl halides is 2. The fraction of sp³-hybridized carbons (Fsp3) is 0.577. The average Bonchev–Trinajstić information content (AvgIpc) is 4.02. The Morgan fingerprint density at radius 2 is 0.836 bits per heavy atom. The molecule has 0 aromatic heterocycles. The van der Waals surface area contributed by atoms with Crippen LogP contribution in [0.4, 0.5) is 0 Å². The third-order valence-corrected chi connectivity index (χ3v) is 17.3. The van der Waals surface area contributed by atoms with E-state index in [-0.39, 0.29) is 33.4 Å². The smallest absolute Gasteiger partial charge is 0.358 e. The van der Waals surface area contributed by atoms with Crippen LogP contribution in [0.1, 0.15) is 158 Å². The van der Waals surface area contributed by atoms with Gasteiger partial charge in [0, 0.05) is 27.5 Å². The summed E-state index contributed by atoms with van der Waals surface area (Å²) in [4.78, 5) is 1.72. The van der Waals surface area contributed by atoms with Gasteiger partial charge in [0.1, 0.15) is 0 Å². The molecule has 0 radical (unpaired) electrons. The van der Waals surface area contributed by atoms with Gasteiger partial charge in [-0.1, -0.05) is 217 Å². The summed E-state index contributed by atoms with van der Waals surface area (Å²) in [5.74, 6) is 7.22. The van der Waals surface area contributed by atoms with Crippen LogP contribution in [0.5, 0.6) is 0 Å². The fourth-order valence-electron chi connectivity index (χ4n) is 11.3. The van der Waals surface area contributed by atoms with Crippen molar-refractivity contribution in [2.75, 3.05) is 0 Å². The fourth-order valence-corrected chi connectivity index (χ4v) is 15.9. The van der Waals surface area contributed by atoms with Crippen molar-refractivity contribution in [3.05, 3.63) is 116 Å². The topological polar surface area (TPSA) is 0 Å². The Kier molecular flexibility index (Phi) is 28.8. The molecule has 0 amide bonds. The van der Waals surface area contributed by atoms with E-state index in [1.807, 2.05) is 13.8 Å². The van der Waals surface area contributed by atoms with E-state index in [1.165, 1.54) is 152 Å². The maximum absolute atomic E-state index is 3.73. The molecular weight excluding hydrogens is 1360 g/mol. The molecule has 0 bridgehead atoms. The summed E-state index contributed by atoms with van der Waals surface area (Å²) in [5.41, 5.74) is 6.95. The number of hydrogen-bond acceptors (Lipinski definition) is 0. The van der Waals surface area contributed by atoms with Crippen LogP contribution in [-0.4, -0.2) is 9.65 Å². The Morgan fingerprint density at radius 3 is 1.21 bits per heavy atom. The van der Waals surface area contributed by atoms with Crippen LogP contribution >= 0.6 is 120 Å². The molecule has 9 heteroatoms. The summed E-state index contributed by atoms with van der Waals surface area (Å²) in [5, 5.41) is 0. The first-order valence-electron chi connectivity index (χ1n) is 22.5. The van der Waals surface area contributed by atoms with Gasteiger partial charge in [0.2, 0.25) is 0 Å². The number of halogens is 8. The molecule has 0 aliphatic heterocycles. The molecule has 6 fully saturated rings. The molecule has 338 valence electrons. The summed E-state index contributed by atoms with van der Waals surface area (Å²) in [7, 11) is 0. The van der Waals surface area contributed by atoms with Gasteiger partial charge in [0.05, 0.1) is 0 Å². The molecule has 0 heterocycles. The SMILES string of the molecule is BrC1CC2CCCCC2C1.BrC1CC2CCCCC2C1.Brc1cc(Br)cc(C2=Cc3ccccc3C2)c1.Brc1cc(Br)cc(C2CC3CCCCC3C2)c1.CC.[Br][Zr+2][Br].[CH3-].[CH3-]. The summed E-state index contributed by atoms with van der Waals surface area (Å²) in [6.07, 6.45) is 30.0. The van der Waals surface area contributed by atoms with Gasteiger partial charge in [-0.05, 0) is 151 Å². The van der Waals surface area contributed by atoms with Gasteiger partial charge >= 0.3 is 43.0 Å². The quantitative estimate of drug-likeness (QED) is 0.177. The van der Waals surface area contributed by atoms with Gasteiger partial charge in [0.25, 0.3) is 0 Å². The molecule has 7 aliphatic rings. The number of fused-ring (bicyclic) bond motifs is 4. The molecular formula is C52H70Br8Zr. The second kappa shape index (κ2) is 30.6. The summed E-state index contributed by atoms with van der Waals surface area (Å²) in [6, 6.07) is 21.7. The average molecular weight is 1430 g/mol. The first-order chi connectivity index (χ1) is 28.6. The van der Waals surface area contributed by atoms with Crippen molar-refractivity contribution in [3.8, 4) is 0 Å². The number of allylic oxidation sites excluding steroid dienone is 1. The minimum absolute atomic E-state index is 0. The number of hydrogen-bond donors (Lipinski definition) is 0. The van der Waals surface area contributed by atoms with Crippen LogP contribution in [0.25, 0.3) is 11.6 Å². The molecule has 0 nitrogen and oxygen atoms in total.